The minimum absolute atomic E-state index is 0.0214. The van der Waals surface area contributed by atoms with Gasteiger partial charge in [-0.05, 0) is 37.5 Å². The monoisotopic (exact) mass is 314 g/mol. The third-order valence-electron chi connectivity index (χ3n) is 4.61. The van der Waals surface area contributed by atoms with Crippen LogP contribution in [0.25, 0.3) is 0 Å². The third-order valence-corrected chi connectivity index (χ3v) is 6.08. The molecule has 118 valence electrons. The molecule has 0 aromatic rings. The number of rotatable bonds is 3. The topological polar surface area (TPSA) is 81.1 Å². The van der Waals surface area contributed by atoms with Crippen molar-refractivity contribution < 1.29 is 19.8 Å². The van der Waals surface area contributed by atoms with Crippen molar-refractivity contribution in [2.75, 3.05) is 25.4 Å². The Labute approximate surface area is 128 Å². The molecule has 3 aliphatic rings. The molecule has 3 unspecified atom stereocenters. The highest BCUT2D eigenvalue weighted by atomic mass is 32.2. The Bertz CT molecular complexity index is 429. The number of urea groups is 1. The lowest BCUT2D eigenvalue weighted by Crippen LogP contribution is -2.54. The molecule has 21 heavy (non-hydrogen) atoms. The predicted octanol–water partition coefficient (Wildman–Crippen LogP) is 1.05. The average molecular weight is 314 g/mol. The number of nitrogens with zero attached hydrogens (tertiary/aromatic N) is 2. The van der Waals surface area contributed by atoms with Crippen LogP contribution in [0, 0.1) is 11.8 Å². The van der Waals surface area contributed by atoms with E-state index in [1.165, 1.54) is 0 Å². The van der Waals surface area contributed by atoms with Crippen LogP contribution in [-0.4, -0.2) is 68.9 Å². The fourth-order valence-electron chi connectivity index (χ4n) is 3.26. The molecule has 3 rings (SSSR count). The Morgan fingerprint density at radius 2 is 2.00 bits per heavy atom. The summed E-state index contributed by atoms with van der Waals surface area (Å²) in [5, 5.41) is 18.7. The molecule has 2 amide bonds. The first-order chi connectivity index (χ1) is 10.1. The van der Waals surface area contributed by atoms with Crippen LogP contribution in [0.1, 0.15) is 25.7 Å². The summed E-state index contributed by atoms with van der Waals surface area (Å²) in [6.45, 7) is 1.30. The van der Waals surface area contributed by atoms with Gasteiger partial charge in [0.25, 0.3) is 0 Å². The van der Waals surface area contributed by atoms with Crippen LogP contribution in [0.3, 0.4) is 0 Å². The number of thioether (sulfide) groups is 1. The van der Waals surface area contributed by atoms with E-state index in [4.69, 9.17) is 0 Å². The van der Waals surface area contributed by atoms with Crippen molar-refractivity contribution in [3.8, 4) is 0 Å². The smallest absolute Gasteiger partial charge is 0.327 e. The van der Waals surface area contributed by atoms with Crippen LogP contribution >= 0.6 is 11.8 Å². The number of hydrogen-bond acceptors (Lipinski definition) is 4. The minimum Gasteiger partial charge on any atom is -0.480 e. The Morgan fingerprint density at radius 1 is 1.24 bits per heavy atom. The van der Waals surface area contributed by atoms with Gasteiger partial charge in [-0.2, -0.15) is 0 Å². The molecule has 2 N–H and O–H groups in total. The van der Waals surface area contributed by atoms with E-state index in [1.54, 1.807) is 21.6 Å². The Morgan fingerprint density at radius 3 is 2.62 bits per heavy atom. The number of carbonyl (C=O) groups excluding carboxylic acids is 1. The number of carboxylic acids is 1. The van der Waals surface area contributed by atoms with Gasteiger partial charge in [0.15, 0.2) is 0 Å². The highest BCUT2D eigenvalue weighted by molar-refractivity contribution is 8.00. The highest BCUT2D eigenvalue weighted by Crippen LogP contribution is 2.45. The number of amides is 2. The largest absolute Gasteiger partial charge is 0.480 e. The van der Waals surface area contributed by atoms with Crippen molar-refractivity contribution >= 4 is 23.8 Å². The van der Waals surface area contributed by atoms with Crippen LogP contribution in [0.15, 0.2) is 0 Å². The Balaban J connectivity index is 1.74. The normalized spacial score (nSPS) is 33.3. The predicted molar refractivity (Wildman–Crippen MR) is 79.0 cm³/mol. The molecular formula is C14H22N2O4S. The van der Waals surface area contributed by atoms with E-state index in [0.717, 1.165) is 25.7 Å². The number of aliphatic hydroxyl groups excluding tert-OH is 1. The standard InChI is InChI=1S/C14H22N2O4S/c17-7-9-2-1-5-15(6-9)14(20)16-11(13(18)19)8-21-12(16)10-3-4-10/h9-12,17H,1-8H2,(H,18,19). The van der Waals surface area contributed by atoms with Crippen molar-refractivity contribution in [1.29, 1.82) is 0 Å². The summed E-state index contributed by atoms with van der Waals surface area (Å²) >= 11 is 1.60. The van der Waals surface area contributed by atoms with Crippen molar-refractivity contribution in [2.45, 2.75) is 37.1 Å². The summed E-state index contributed by atoms with van der Waals surface area (Å²) in [5.74, 6) is 0.163. The average Bonchev–Trinajstić information content (AvgIpc) is 3.24. The van der Waals surface area contributed by atoms with Gasteiger partial charge in [0, 0.05) is 25.4 Å². The van der Waals surface area contributed by atoms with Crippen LogP contribution in [0.2, 0.25) is 0 Å². The third kappa shape index (κ3) is 2.99. The molecular weight excluding hydrogens is 292 g/mol. The molecule has 0 radical (unpaired) electrons. The summed E-state index contributed by atoms with van der Waals surface area (Å²) in [7, 11) is 0. The van der Waals surface area contributed by atoms with Crippen LogP contribution in [0.5, 0.6) is 0 Å². The van der Waals surface area contributed by atoms with Crippen molar-refractivity contribution in [3.05, 3.63) is 0 Å². The quantitative estimate of drug-likeness (QED) is 0.814. The van der Waals surface area contributed by atoms with Gasteiger partial charge in [-0.3, -0.25) is 4.90 Å². The summed E-state index contributed by atoms with van der Waals surface area (Å²) in [5.41, 5.74) is 0. The van der Waals surface area contributed by atoms with Gasteiger partial charge in [0.2, 0.25) is 0 Å². The van der Waals surface area contributed by atoms with Gasteiger partial charge in [-0.25, -0.2) is 9.59 Å². The number of carbonyl (C=O) groups is 2. The lowest BCUT2D eigenvalue weighted by Gasteiger charge is -2.37. The lowest BCUT2D eigenvalue weighted by molar-refractivity contribution is -0.141. The second-order valence-electron chi connectivity index (χ2n) is 6.24. The summed E-state index contributed by atoms with van der Waals surface area (Å²) in [6.07, 6.45) is 3.99. The molecule has 0 aromatic heterocycles. The van der Waals surface area contributed by atoms with E-state index in [2.05, 4.69) is 0 Å². The number of aliphatic carboxylic acids is 1. The van der Waals surface area contributed by atoms with Gasteiger partial charge >= 0.3 is 12.0 Å². The maximum atomic E-state index is 12.8. The first-order valence-electron chi connectivity index (χ1n) is 7.64. The molecule has 6 nitrogen and oxygen atoms in total. The zero-order valence-corrected chi connectivity index (χ0v) is 12.8. The fourth-order valence-corrected chi connectivity index (χ4v) is 4.88. The van der Waals surface area contributed by atoms with Crippen molar-refractivity contribution in [3.63, 3.8) is 0 Å². The maximum Gasteiger partial charge on any atom is 0.327 e. The van der Waals surface area contributed by atoms with E-state index in [9.17, 15) is 19.8 Å². The van der Waals surface area contributed by atoms with Crippen LogP contribution < -0.4 is 0 Å². The molecule has 1 aliphatic carbocycles. The molecule has 2 heterocycles. The Kier molecular flexibility index (Phi) is 4.31. The molecule has 3 atom stereocenters. The van der Waals surface area contributed by atoms with Gasteiger partial charge in [-0.15, -0.1) is 11.8 Å². The van der Waals surface area contributed by atoms with Gasteiger partial charge < -0.3 is 15.1 Å². The van der Waals surface area contributed by atoms with E-state index >= 15 is 0 Å². The molecule has 7 heteroatoms. The van der Waals surface area contributed by atoms with Crippen LogP contribution in [0.4, 0.5) is 4.79 Å². The second kappa shape index (κ2) is 6.04. The first-order valence-corrected chi connectivity index (χ1v) is 8.69. The van der Waals surface area contributed by atoms with E-state index in [1.807, 2.05) is 0 Å². The van der Waals surface area contributed by atoms with E-state index in [0.29, 0.717) is 24.8 Å². The maximum absolute atomic E-state index is 12.8. The fraction of sp³-hybridized carbons (Fsp3) is 0.857. The number of aliphatic hydroxyl groups is 1. The molecule has 0 bridgehead atoms. The summed E-state index contributed by atoms with van der Waals surface area (Å²) < 4.78 is 0. The molecule has 3 fully saturated rings. The zero-order valence-electron chi connectivity index (χ0n) is 12.0. The minimum atomic E-state index is -0.908. The molecule has 1 saturated carbocycles. The molecule has 2 aliphatic heterocycles. The zero-order chi connectivity index (χ0) is 15.0. The Hall–Kier alpha value is -0.950. The van der Waals surface area contributed by atoms with Crippen molar-refractivity contribution in [1.82, 2.24) is 9.80 Å². The second-order valence-corrected chi connectivity index (χ2v) is 7.39. The van der Waals surface area contributed by atoms with Crippen molar-refractivity contribution in [2.24, 2.45) is 11.8 Å². The first kappa shape index (κ1) is 15.0. The van der Waals surface area contributed by atoms with E-state index in [-0.39, 0.29) is 23.9 Å². The lowest BCUT2D eigenvalue weighted by atomic mass is 9.99. The molecule has 0 spiro atoms. The molecule has 0 aromatic carbocycles. The SMILES string of the molecule is O=C(O)C1CSC(C2CC2)N1C(=O)N1CCCC(CO)C1. The van der Waals surface area contributed by atoms with Crippen LogP contribution in [-0.2, 0) is 4.79 Å². The van der Waals surface area contributed by atoms with Gasteiger partial charge in [0.1, 0.15) is 6.04 Å². The molecule has 2 saturated heterocycles. The number of piperidine rings is 1. The summed E-state index contributed by atoms with van der Waals surface area (Å²) in [6, 6.07) is -0.856. The number of carboxylic acid groups (broad SMARTS) is 1. The van der Waals surface area contributed by atoms with Gasteiger partial charge in [-0.1, -0.05) is 0 Å². The highest BCUT2D eigenvalue weighted by Gasteiger charge is 2.49. The number of hydrogen-bond donors (Lipinski definition) is 2. The number of likely N-dealkylation sites (tertiary alicyclic amines) is 1. The van der Waals surface area contributed by atoms with Gasteiger partial charge in [0.05, 0.1) is 5.37 Å². The van der Waals surface area contributed by atoms with E-state index < -0.39 is 12.0 Å². The summed E-state index contributed by atoms with van der Waals surface area (Å²) in [4.78, 5) is 27.6.